The van der Waals surface area contributed by atoms with Crippen LogP contribution < -0.4 is 4.57 Å². The molecule has 2 aromatic heterocycles. The zero-order valence-electron chi connectivity index (χ0n) is 20.5. The number of aromatic nitrogens is 3. The third-order valence-electron chi connectivity index (χ3n) is 6.75. The number of hydrogen-bond donors (Lipinski definition) is 0. The first-order valence-electron chi connectivity index (χ1n) is 12.1. The van der Waals surface area contributed by atoms with Gasteiger partial charge in [0.2, 0.25) is 0 Å². The molecule has 4 heteroatoms. The third kappa shape index (κ3) is 3.45. The van der Waals surface area contributed by atoms with Crippen LogP contribution in [0.3, 0.4) is 0 Å². The summed E-state index contributed by atoms with van der Waals surface area (Å²) in [5.74, 6) is 2.07. The molecule has 0 aliphatic heterocycles. The zero-order chi connectivity index (χ0) is 24.1. The lowest BCUT2D eigenvalue weighted by Gasteiger charge is -2.08. The number of para-hydroxylation sites is 2. The zero-order valence-corrected chi connectivity index (χ0v) is 20.5. The Hall–Kier alpha value is -4.18. The SMILES string of the molecule is Cc1ccc2nc(C(C)C)oc2c1-c1n(-c2ccc(-c3ccccc3)cc2)c2ccccc2[n+]1C. The van der Waals surface area contributed by atoms with Gasteiger partial charge in [0.1, 0.15) is 16.8 Å². The van der Waals surface area contributed by atoms with Crippen LogP contribution in [0.25, 0.3) is 50.3 Å². The highest BCUT2D eigenvalue weighted by atomic mass is 16.3. The van der Waals surface area contributed by atoms with Crippen molar-refractivity contribution in [3.63, 3.8) is 0 Å². The molecule has 0 radical (unpaired) electrons. The summed E-state index contributed by atoms with van der Waals surface area (Å²) in [4.78, 5) is 4.79. The van der Waals surface area contributed by atoms with Gasteiger partial charge >= 0.3 is 0 Å². The lowest BCUT2D eigenvalue weighted by atomic mass is 10.0. The second-order valence-corrected chi connectivity index (χ2v) is 9.43. The molecular formula is C31H28N3O+. The van der Waals surface area contributed by atoms with Crippen LogP contribution in [0.4, 0.5) is 0 Å². The summed E-state index contributed by atoms with van der Waals surface area (Å²) in [6, 6.07) is 32.0. The highest BCUT2D eigenvalue weighted by Gasteiger charge is 2.30. The fraction of sp³-hybridized carbons (Fsp3) is 0.161. The van der Waals surface area contributed by atoms with Gasteiger partial charge in [0.25, 0.3) is 5.82 Å². The molecule has 0 unspecified atom stereocenters. The number of hydrogen-bond acceptors (Lipinski definition) is 2. The van der Waals surface area contributed by atoms with E-state index in [0.717, 1.165) is 50.7 Å². The van der Waals surface area contributed by atoms with Gasteiger partial charge in [-0.1, -0.05) is 74.5 Å². The molecular weight excluding hydrogens is 430 g/mol. The Morgan fingerprint density at radius 1 is 0.800 bits per heavy atom. The van der Waals surface area contributed by atoms with Gasteiger partial charge in [-0.15, -0.1) is 0 Å². The Labute approximate surface area is 205 Å². The van der Waals surface area contributed by atoms with Crippen LogP contribution in [0.5, 0.6) is 0 Å². The number of fused-ring (bicyclic) bond motifs is 2. The minimum atomic E-state index is 0.223. The molecule has 0 fully saturated rings. The molecule has 0 saturated heterocycles. The monoisotopic (exact) mass is 458 g/mol. The molecule has 172 valence electrons. The van der Waals surface area contributed by atoms with Crippen LogP contribution in [0.1, 0.15) is 31.2 Å². The van der Waals surface area contributed by atoms with Gasteiger partial charge in [0, 0.05) is 5.92 Å². The van der Waals surface area contributed by atoms with E-state index >= 15 is 0 Å². The van der Waals surface area contributed by atoms with Gasteiger partial charge < -0.3 is 4.42 Å². The van der Waals surface area contributed by atoms with Crippen molar-refractivity contribution in [3.05, 3.63) is 102 Å². The molecule has 35 heavy (non-hydrogen) atoms. The molecule has 0 bridgehead atoms. The lowest BCUT2D eigenvalue weighted by molar-refractivity contribution is -0.633. The van der Waals surface area contributed by atoms with Gasteiger partial charge in [-0.25, -0.2) is 9.55 Å². The summed E-state index contributed by atoms with van der Waals surface area (Å²) in [6.45, 7) is 6.37. The van der Waals surface area contributed by atoms with Crippen LogP contribution in [-0.2, 0) is 7.05 Å². The topological polar surface area (TPSA) is 34.8 Å². The standard InChI is InChI=1S/C31H28N3O/c1-20(2)30-32-25-19-14-21(3)28(29(25)35-30)31-33(4)26-12-8-9-13-27(26)34(31)24-17-15-23(16-18-24)22-10-6-5-7-11-22/h5-20H,1-4H3/q+1. The first-order chi connectivity index (χ1) is 17.0. The molecule has 0 atom stereocenters. The van der Waals surface area contributed by atoms with Crippen molar-refractivity contribution in [1.82, 2.24) is 9.55 Å². The molecule has 0 aliphatic rings. The maximum Gasteiger partial charge on any atom is 0.299 e. The van der Waals surface area contributed by atoms with Crippen molar-refractivity contribution in [1.29, 1.82) is 0 Å². The molecule has 6 rings (SSSR count). The van der Waals surface area contributed by atoms with Crippen molar-refractivity contribution in [2.45, 2.75) is 26.7 Å². The van der Waals surface area contributed by atoms with Crippen LogP contribution >= 0.6 is 0 Å². The van der Waals surface area contributed by atoms with E-state index in [0.29, 0.717) is 0 Å². The molecule has 0 N–H and O–H groups in total. The highest BCUT2D eigenvalue weighted by molar-refractivity contribution is 5.92. The van der Waals surface area contributed by atoms with E-state index in [9.17, 15) is 0 Å². The summed E-state index contributed by atoms with van der Waals surface area (Å²) in [5.41, 5.74) is 9.80. The molecule has 6 aromatic rings. The fourth-order valence-corrected chi connectivity index (χ4v) is 4.92. The second-order valence-electron chi connectivity index (χ2n) is 9.43. The van der Waals surface area contributed by atoms with Gasteiger partial charge in [-0.05, 0) is 53.9 Å². The smallest absolute Gasteiger partial charge is 0.299 e. The Bertz CT molecular complexity index is 1670. The van der Waals surface area contributed by atoms with E-state index in [2.05, 4.69) is 122 Å². The van der Waals surface area contributed by atoms with Gasteiger partial charge in [-0.3, -0.25) is 0 Å². The minimum Gasteiger partial charge on any atom is -0.439 e. The number of aryl methyl sites for hydroxylation is 2. The first kappa shape index (κ1) is 21.4. The Morgan fingerprint density at radius 3 is 2.23 bits per heavy atom. The van der Waals surface area contributed by atoms with E-state index in [-0.39, 0.29) is 5.92 Å². The molecule has 4 nitrogen and oxygen atoms in total. The summed E-state index contributed by atoms with van der Waals surface area (Å²) >= 11 is 0. The fourth-order valence-electron chi connectivity index (χ4n) is 4.92. The normalized spacial score (nSPS) is 11.7. The van der Waals surface area contributed by atoms with Crippen LogP contribution in [0, 0.1) is 6.92 Å². The van der Waals surface area contributed by atoms with Crippen molar-refractivity contribution in [2.24, 2.45) is 7.05 Å². The summed E-state index contributed by atoms with van der Waals surface area (Å²) in [5, 5.41) is 0. The number of rotatable bonds is 4. The average molecular weight is 459 g/mol. The number of benzene rings is 4. The van der Waals surface area contributed by atoms with E-state index in [4.69, 9.17) is 9.40 Å². The van der Waals surface area contributed by atoms with Crippen molar-refractivity contribution < 1.29 is 8.98 Å². The van der Waals surface area contributed by atoms with Crippen molar-refractivity contribution in [3.8, 4) is 28.2 Å². The predicted molar refractivity (Wildman–Crippen MR) is 142 cm³/mol. The molecule has 0 saturated carbocycles. The van der Waals surface area contributed by atoms with E-state index in [1.807, 2.05) is 6.07 Å². The summed E-state index contributed by atoms with van der Waals surface area (Å²) in [7, 11) is 2.13. The maximum absolute atomic E-state index is 6.38. The highest BCUT2D eigenvalue weighted by Crippen LogP contribution is 2.36. The van der Waals surface area contributed by atoms with Gasteiger partial charge in [0.15, 0.2) is 22.5 Å². The largest absolute Gasteiger partial charge is 0.439 e. The van der Waals surface area contributed by atoms with Crippen LogP contribution in [-0.4, -0.2) is 9.55 Å². The van der Waals surface area contributed by atoms with E-state index in [1.54, 1.807) is 0 Å². The first-order valence-corrected chi connectivity index (χ1v) is 12.1. The summed E-state index contributed by atoms with van der Waals surface area (Å²) in [6.07, 6.45) is 0. The van der Waals surface area contributed by atoms with Crippen molar-refractivity contribution in [2.75, 3.05) is 0 Å². The second kappa shape index (κ2) is 8.24. The van der Waals surface area contributed by atoms with E-state index < -0.39 is 0 Å². The number of nitrogens with zero attached hydrogens (tertiary/aromatic N) is 3. The Balaban J connectivity index is 1.63. The quantitative estimate of drug-likeness (QED) is 0.259. The summed E-state index contributed by atoms with van der Waals surface area (Å²) < 4.78 is 11.0. The van der Waals surface area contributed by atoms with Crippen LogP contribution in [0.2, 0.25) is 0 Å². The molecule has 0 amide bonds. The molecule has 0 aliphatic carbocycles. The van der Waals surface area contributed by atoms with Crippen LogP contribution in [0.15, 0.2) is 95.4 Å². The predicted octanol–water partition coefficient (Wildman–Crippen LogP) is 7.36. The number of oxazole rings is 1. The van der Waals surface area contributed by atoms with Gasteiger partial charge in [-0.2, -0.15) is 4.57 Å². The molecule has 2 heterocycles. The molecule has 0 spiro atoms. The Kier molecular flexibility index (Phi) is 5.03. The third-order valence-corrected chi connectivity index (χ3v) is 6.75. The molecule has 4 aromatic carbocycles. The van der Waals surface area contributed by atoms with Gasteiger partial charge in [0.05, 0.1) is 7.05 Å². The van der Waals surface area contributed by atoms with E-state index in [1.165, 1.54) is 11.1 Å². The minimum absolute atomic E-state index is 0.223. The maximum atomic E-state index is 6.38. The Morgan fingerprint density at radius 2 is 1.49 bits per heavy atom. The number of imidazole rings is 1. The lowest BCUT2D eigenvalue weighted by Crippen LogP contribution is -2.30. The average Bonchev–Trinajstić information content (AvgIpc) is 3.45. The van der Waals surface area contributed by atoms with Crippen molar-refractivity contribution >= 4 is 22.1 Å².